The van der Waals surface area contributed by atoms with E-state index in [9.17, 15) is 33.8 Å². The van der Waals surface area contributed by atoms with Gasteiger partial charge in [0.25, 0.3) is 5.91 Å². The number of hydrogen-bond donors (Lipinski definition) is 3. The van der Waals surface area contributed by atoms with E-state index in [0.717, 1.165) is 57.3 Å². The van der Waals surface area contributed by atoms with Gasteiger partial charge in [0.2, 0.25) is 5.56 Å². The number of hydrogen-bond acceptors (Lipinski definition) is 10. The molecular weight excluding hydrogens is 796 g/mol. The molecule has 0 radical (unpaired) electrons. The number of carbonyl (C=O) groups excluding carboxylic acids is 3. The third-order valence-corrected chi connectivity index (χ3v) is 12.5. The minimum Gasteiger partial charge on any atom is -0.506 e. The average molecular weight is 855 g/mol. The van der Waals surface area contributed by atoms with Gasteiger partial charge in [-0.1, -0.05) is 31.0 Å². The molecule has 4 aliphatic rings. The highest BCUT2D eigenvalue weighted by atomic mass is 19.1. The number of aromatic hydroxyl groups is 1. The summed E-state index contributed by atoms with van der Waals surface area (Å²) in [7, 11) is 0. The summed E-state index contributed by atoms with van der Waals surface area (Å²) in [6.07, 6.45) is 4.07. The number of rotatable bonds is 15. The van der Waals surface area contributed by atoms with Gasteiger partial charge in [-0.25, -0.2) is 9.18 Å². The van der Waals surface area contributed by atoms with Crippen LogP contribution in [0.1, 0.15) is 99.7 Å². The van der Waals surface area contributed by atoms with Crippen LogP contribution >= 0.6 is 0 Å². The number of nitrogens with zero attached hydrogens (tertiary/aromatic N) is 3. The molecule has 2 bridgehead atoms. The molecule has 5 heterocycles. The van der Waals surface area contributed by atoms with E-state index in [1.165, 1.54) is 35.2 Å². The lowest BCUT2D eigenvalue weighted by molar-refractivity contribution is -0.167. The van der Waals surface area contributed by atoms with E-state index in [-0.39, 0.29) is 47.2 Å². The van der Waals surface area contributed by atoms with Gasteiger partial charge in [-0.05, 0) is 138 Å². The number of aromatic nitrogens is 1. The number of H-pyrrole nitrogens is 1. The van der Waals surface area contributed by atoms with Gasteiger partial charge in [0, 0.05) is 43.2 Å². The van der Waals surface area contributed by atoms with Crippen LogP contribution in [0.25, 0.3) is 10.9 Å². The summed E-state index contributed by atoms with van der Waals surface area (Å²) in [4.78, 5) is 60.9. The number of carbonyl (C=O) groups is 3. The number of nitrogens with one attached hydrogen (secondary N) is 1. The summed E-state index contributed by atoms with van der Waals surface area (Å²) in [5.74, 6) is 0.110. The van der Waals surface area contributed by atoms with Gasteiger partial charge in [0.1, 0.15) is 29.0 Å². The number of amides is 2. The molecule has 8 rings (SSSR count). The van der Waals surface area contributed by atoms with Gasteiger partial charge in [-0.15, -0.1) is 0 Å². The Morgan fingerprint density at radius 2 is 1.60 bits per heavy atom. The number of benzene rings is 3. The highest BCUT2D eigenvalue weighted by Crippen LogP contribution is 2.40. The van der Waals surface area contributed by atoms with E-state index >= 15 is 0 Å². The van der Waals surface area contributed by atoms with E-state index in [0.29, 0.717) is 73.7 Å². The predicted molar refractivity (Wildman–Crippen MR) is 232 cm³/mol. The van der Waals surface area contributed by atoms with Crippen LogP contribution in [0.4, 0.5) is 9.18 Å². The monoisotopic (exact) mass is 854 g/mol. The fraction of sp³-hybridized carbons (Fsp3) is 0.500. The maximum absolute atomic E-state index is 14.0. The molecule has 3 N–H and O–H groups in total. The summed E-state index contributed by atoms with van der Waals surface area (Å²) in [6, 6.07) is 19.0. The van der Waals surface area contributed by atoms with Crippen molar-refractivity contribution in [2.45, 2.75) is 95.4 Å². The third kappa shape index (κ3) is 10.6. The molecule has 2 atom stereocenters. The van der Waals surface area contributed by atoms with Crippen molar-refractivity contribution in [1.82, 2.24) is 19.7 Å². The van der Waals surface area contributed by atoms with Crippen LogP contribution in [0.2, 0.25) is 0 Å². The summed E-state index contributed by atoms with van der Waals surface area (Å²) in [5.41, 5.74) is -0.144. The molecule has 332 valence electrons. The number of piperidine rings is 4. The third-order valence-electron chi connectivity index (χ3n) is 12.5. The van der Waals surface area contributed by atoms with Gasteiger partial charge in [-0.3, -0.25) is 19.3 Å². The maximum atomic E-state index is 14.0. The zero-order valence-electron chi connectivity index (χ0n) is 35.9. The second kappa shape index (κ2) is 19.3. The lowest BCUT2D eigenvalue weighted by Crippen LogP contribution is -2.55. The number of phenolic OH excluding ortho intramolecular Hbond substituents is 1. The first kappa shape index (κ1) is 44.6. The summed E-state index contributed by atoms with van der Waals surface area (Å²) in [5, 5.41) is 22.0. The largest absolute Gasteiger partial charge is 0.506 e. The molecule has 4 aromatic rings. The molecular formula is C48H59FN4O9. The summed E-state index contributed by atoms with van der Waals surface area (Å²) in [6.45, 7) is 9.66. The summed E-state index contributed by atoms with van der Waals surface area (Å²) >= 11 is 0. The van der Waals surface area contributed by atoms with Crippen LogP contribution in [0.5, 0.6) is 11.5 Å². The highest BCUT2D eigenvalue weighted by molar-refractivity contribution is 5.95. The summed E-state index contributed by atoms with van der Waals surface area (Å²) < 4.78 is 31.8. The molecule has 62 heavy (non-hydrogen) atoms. The van der Waals surface area contributed by atoms with E-state index in [4.69, 9.17) is 14.2 Å². The number of aliphatic hydroxyl groups is 1. The number of phenols is 1. The molecule has 13 nitrogen and oxygen atoms in total. The second-order valence-electron chi connectivity index (χ2n) is 18.0. The lowest BCUT2D eigenvalue weighted by Gasteiger charge is -2.46. The van der Waals surface area contributed by atoms with Gasteiger partial charge < -0.3 is 39.2 Å². The van der Waals surface area contributed by atoms with E-state index in [1.807, 2.05) is 0 Å². The smallest absolute Gasteiger partial charge is 0.410 e. The van der Waals surface area contributed by atoms with Crippen molar-refractivity contribution in [3.8, 4) is 11.5 Å². The minimum atomic E-state index is -1.10. The first-order chi connectivity index (χ1) is 29.7. The Morgan fingerprint density at radius 3 is 2.26 bits per heavy atom. The lowest BCUT2D eigenvalue weighted by atomic mass is 9.72. The number of aliphatic hydroxyl groups excluding tert-OH is 1. The number of esters is 1. The fourth-order valence-electron chi connectivity index (χ4n) is 9.03. The molecule has 0 spiro atoms. The van der Waals surface area contributed by atoms with Crippen molar-refractivity contribution in [2.24, 2.45) is 5.92 Å². The zero-order valence-corrected chi connectivity index (χ0v) is 35.9. The van der Waals surface area contributed by atoms with Crippen LogP contribution < -0.4 is 10.3 Å². The molecule has 4 saturated heterocycles. The molecule has 3 aromatic carbocycles. The Morgan fingerprint density at radius 1 is 0.903 bits per heavy atom. The highest BCUT2D eigenvalue weighted by Gasteiger charge is 2.47. The first-order valence-electron chi connectivity index (χ1n) is 21.9. The van der Waals surface area contributed by atoms with Crippen LogP contribution in [-0.2, 0) is 19.7 Å². The van der Waals surface area contributed by atoms with Crippen LogP contribution in [0.3, 0.4) is 0 Å². The average Bonchev–Trinajstić information content (AvgIpc) is 3.26. The van der Waals surface area contributed by atoms with Gasteiger partial charge in [0.05, 0.1) is 30.2 Å². The van der Waals surface area contributed by atoms with Gasteiger partial charge >= 0.3 is 12.1 Å². The topological polar surface area (TPSA) is 162 Å². The fourth-order valence-corrected chi connectivity index (χ4v) is 9.03. The van der Waals surface area contributed by atoms with Crippen LogP contribution in [0, 0.1) is 11.7 Å². The van der Waals surface area contributed by atoms with E-state index in [2.05, 4.69) is 9.88 Å². The second-order valence-corrected chi connectivity index (χ2v) is 18.0. The predicted octanol–water partition coefficient (Wildman–Crippen LogP) is 7.09. The van der Waals surface area contributed by atoms with Crippen LogP contribution in [0.15, 0.2) is 77.6 Å². The molecule has 4 aliphatic heterocycles. The first-order valence-corrected chi connectivity index (χ1v) is 21.9. The number of unbranched alkanes of at least 4 members (excludes halogenated alkanes) is 3. The molecule has 0 saturated carbocycles. The molecule has 4 fully saturated rings. The normalized spacial score (nSPS) is 20.1. The van der Waals surface area contributed by atoms with E-state index in [1.54, 1.807) is 68.1 Å². The van der Waals surface area contributed by atoms with Crippen molar-refractivity contribution in [2.75, 3.05) is 52.4 Å². The van der Waals surface area contributed by atoms with E-state index < -0.39 is 23.2 Å². The Kier molecular flexibility index (Phi) is 13.9. The quantitative estimate of drug-likeness (QED) is 0.0832. The van der Waals surface area contributed by atoms with Gasteiger partial charge in [-0.2, -0.15) is 0 Å². The maximum Gasteiger partial charge on any atom is 0.410 e. The standard InChI is InChI=1S/C48H59FN4O9/c1-47(2,3)62-46(59)53(30-40(55)37-16-18-39(54)43-38(37)17-19-42(56)50-43)24-6-4-5-7-29-60-36-14-8-33(9-15-36)44(57)52-27-22-48(23-28-52,34-10-12-35(49)13-11-34)45(58)61-41-31-51-25-20-32(41)21-26-51/h8-19,32,40-41,54-55H,4-7,20-31H2,1-3H3,(H,50,56)/t40-,41-/m0/s1. The van der Waals surface area contributed by atoms with Crippen molar-refractivity contribution in [3.05, 3.63) is 106 Å². The number of likely N-dealkylation sites (tertiary alicyclic amines) is 1. The Labute approximate surface area is 361 Å². The Hall–Kier alpha value is -5.47. The van der Waals surface area contributed by atoms with Crippen molar-refractivity contribution in [1.29, 1.82) is 0 Å². The number of pyridine rings is 1. The Bertz CT molecular complexity index is 2240. The van der Waals surface area contributed by atoms with Gasteiger partial charge in [0.15, 0.2) is 0 Å². The number of fused-ring (bicyclic) bond motifs is 4. The SMILES string of the molecule is CC(C)(C)OC(=O)N(CCCCCCOc1ccc(C(=O)N2CCC(C(=O)O[C@H]3CN4CCC3CC4)(c3ccc(F)cc3)CC2)cc1)C[C@H](O)c1ccc(O)c2[nH]c(=O)ccc12. The number of halogens is 1. The Balaban J connectivity index is 0.870. The van der Waals surface area contributed by atoms with Crippen molar-refractivity contribution < 1.29 is 43.2 Å². The number of aromatic amines is 1. The van der Waals surface area contributed by atoms with Crippen molar-refractivity contribution >= 4 is 28.9 Å². The molecule has 2 amide bonds. The van der Waals surface area contributed by atoms with Crippen molar-refractivity contribution in [3.63, 3.8) is 0 Å². The van der Waals surface area contributed by atoms with Crippen LogP contribution in [-0.4, -0.2) is 112 Å². The molecule has 14 heteroatoms. The molecule has 1 aromatic heterocycles. The molecule has 0 aliphatic carbocycles. The minimum absolute atomic E-state index is 0.0432. The number of ether oxygens (including phenoxy) is 3. The zero-order chi connectivity index (χ0) is 44.0. The molecule has 0 unspecified atom stereocenters.